The summed E-state index contributed by atoms with van der Waals surface area (Å²) in [6.07, 6.45) is 0.958. The van der Waals surface area contributed by atoms with Crippen LogP contribution in [-0.4, -0.2) is 63.3 Å². The number of anilines is 1. The largest absolute Gasteiger partial charge is 0.493 e. The van der Waals surface area contributed by atoms with Crippen molar-refractivity contribution in [3.63, 3.8) is 0 Å². The van der Waals surface area contributed by atoms with Gasteiger partial charge in [0.05, 0.1) is 31.5 Å². The highest BCUT2D eigenvalue weighted by Crippen LogP contribution is 2.39. The first kappa shape index (κ1) is 27.7. The van der Waals surface area contributed by atoms with E-state index in [0.29, 0.717) is 34.5 Å². The molecule has 34 heavy (non-hydrogen) atoms. The van der Waals surface area contributed by atoms with Gasteiger partial charge in [-0.25, -0.2) is 4.98 Å². The Morgan fingerprint density at radius 1 is 0.941 bits per heavy atom. The van der Waals surface area contributed by atoms with Crippen molar-refractivity contribution in [2.45, 2.75) is 27.2 Å². The van der Waals surface area contributed by atoms with Crippen molar-refractivity contribution in [2.75, 3.05) is 52.4 Å². The first-order valence-electron chi connectivity index (χ1n) is 11.2. The molecule has 0 aliphatic rings. The Morgan fingerprint density at radius 2 is 1.59 bits per heavy atom. The molecule has 0 atom stereocenters. The number of nitrogens with zero attached hydrogens (tertiary/aromatic N) is 3. The second-order valence-corrected chi connectivity index (χ2v) is 8.56. The Labute approximate surface area is 212 Å². The van der Waals surface area contributed by atoms with Gasteiger partial charge in [-0.15, -0.1) is 12.4 Å². The Kier molecular flexibility index (Phi) is 10.4. The Morgan fingerprint density at radius 3 is 2.12 bits per heavy atom. The van der Waals surface area contributed by atoms with Crippen LogP contribution in [0, 0.1) is 0 Å². The molecule has 1 aromatic heterocycles. The monoisotopic (exact) mass is 507 g/mol. The molecule has 0 unspecified atom stereocenters. The zero-order chi connectivity index (χ0) is 24.0. The van der Waals surface area contributed by atoms with Gasteiger partial charge in [-0.05, 0) is 49.3 Å². The molecule has 0 aliphatic heterocycles. The number of rotatable bonds is 11. The predicted molar refractivity (Wildman–Crippen MR) is 142 cm³/mol. The van der Waals surface area contributed by atoms with Crippen molar-refractivity contribution >= 4 is 45.0 Å². The molecular weight excluding hydrogens is 474 g/mol. The van der Waals surface area contributed by atoms with E-state index < -0.39 is 0 Å². The summed E-state index contributed by atoms with van der Waals surface area (Å²) in [5.74, 6) is 1.19. The van der Waals surface area contributed by atoms with Crippen molar-refractivity contribution < 1.29 is 19.0 Å². The van der Waals surface area contributed by atoms with E-state index in [9.17, 15) is 4.79 Å². The van der Waals surface area contributed by atoms with Gasteiger partial charge in [-0.2, -0.15) is 0 Å². The molecule has 3 rings (SSSR count). The third-order valence-corrected chi connectivity index (χ3v) is 6.81. The van der Waals surface area contributed by atoms with E-state index in [4.69, 9.17) is 19.2 Å². The number of methoxy groups -OCH3 is 3. The average molecular weight is 508 g/mol. The van der Waals surface area contributed by atoms with Crippen LogP contribution in [0.25, 0.3) is 10.2 Å². The van der Waals surface area contributed by atoms with Crippen LogP contribution in [0.1, 0.15) is 36.7 Å². The quantitative estimate of drug-likeness (QED) is 0.351. The standard InChI is InChI=1S/C25H33N3O4S.ClH/c1-7-17-10-11-19-22(14-17)33-25(26-19)28(13-12-27(8-2)9-3)24(29)18-15-20(30-4)23(32-6)21(16-18)31-5;/h10-11,14-16H,7-9,12-13H2,1-6H3;1H. The summed E-state index contributed by atoms with van der Waals surface area (Å²) in [4.78, 5) is 22.6. The molecule has 3 aromatic rings. The van der Waals surface area contributed by atoms with Crippen LogP contribution < -0.4 is 19.1 Å². The second-order valence-electron chi connectivity index (χ2n) is 7.55. The number of benzene rings is 2. The van der Waals surface area contributed by atoms with E-state index in [1.165, 1.54) is 5.56 Å². The van der Waals surface area contributed by atoms with Gasteiger partial charge in [0.15, 0.2) is 16.6 Å². The van der Waals surface area contributed by atoms with Crippen molar-refractivity contribution in [3.05, 3.63) is 41.5 Å². The van der Waals surface area contributed by atoms with E-state index in [2.05, 4.69) is 37.8 Å². The number of halogens is 1. The van der Waals surface area contributed by atoms with Gasteiger partial charge in [-0.1, -0.05) is 38.2 Å². The molecule has 0 bridgehead atoms. The number of aryl methyl sites for hydroxylation is 1. The number of fused-ring (bicyclic) bond motifs is 1. The van der Waals surface area contributed by atoms with Gasteiger partial charge >= 0.3 is 0 Å². The molecule has 0 saturated heterocycles. The van der Waals surface area contributed by atoms with Crippen molar-refractivity contribution in [2.24, 2.45) is 0 Å². The summed E-state index contributed by atoms with van der Waals surface area (Å²) in [5.41, 5.74) is 2.61. The van der Waals surface area contributed by atoms with Crippen LogP contribution in [-0.2, 0) is 6.42 Å². The van der Waals surface area contributed by atoms with E-state index in [-0.39, 0.29) is 18.3 Å². The molecule has 0 aliphatic carbocycles. The molecule has 1 heterocycles. The first-order chi connectivity index (χ1) is 16.0. The SMILES string of the molecule is CCc1ccc2nc(N(CCN(CC)CC)C(=O)c3cc(OC)c(OC)c(OC)c3)sc2c1.Cl. The third-order valence-electron chi connectivity index (χ3n) is 5.77. The molecule has 0 radical (unpaired) electrons. The Bertz CT molecular complexity index is 1080. The predicted octanol–water partition coefficient (Wildman–Crippen LogP) is 5.29. The average Bonchev–Trinajstić information content (AvgIpc) is 3.28. The lowest BCUT2D eigenvalue weighted by Crippen LogP contribution is -2.38. The molecule has 9 heteroatoms. The van der Waals surface area contributed by atoms with Crippen LogP contribution in [0.4, 0.5) is 5.13 Å². The van der Waals surface area contributed by atoms with E-state index in [0.717, 1.165) is 36.3 Å². The van der Waals surface area contributed by atoms with Gasteiger partial charge in [0, 0.05) is 18.7 Å². The molecular formula is C25H34ClN3O4S. The lowest BCUT2D eigenvalue weighted by atomic mass is 10.1. The second kappa shape index (κ2) is 12.8. The van der Waals surface area contributed by atoms with Gasteiger partial charge in [0.25, 0.3) is 5.91 Å². The maximum absolute atomic E-state index is 13.8. The Balaban J connectivity index is 0.00000408. The fourth-order valence-corrected chi connectivity index (χ4v) is 4.77. The summed E-state index contributed by atoms with van der Waals surface area (Å²) in [5, 5.41) is 0.684. The van der Waals surface area contributed by atoms with Gasteiger partial charge in [-0.3, -0.25) is 9.69 Å². The first-order valence-corrected chi connectivity index (χ1v) is 12.0. The summed E-state index contributed by atoms with van der Waals surface area (Å²) in [7, 11) is 4.63. The van der Waals surface area contributed by atoms with Crippen LogP contribution in [0.15, 0.2) is 30.3 Å². The highest BCUT2D eigenvalue weighted by molar-refractivity contribution is 7.22. The van der Waals surface area contributed by atoms with Gasteiger partial charge < -0.3 is 19.1 Å². The molecule has 0 fully saturated rings. The smallest absolute Gasteiger partial charge is 0.260 e. The van der Waals surface area contributed by atoms with E-state index in [1.54, 1.807) is 49.7 Å². The number of carbonyl (C=O) groups excluding carboxylic acids is 1. The fourth-order valence-electron chi connectivity index (χ4n) is 3.72. The zero-order valence-corrected chi connectivity index (χ0v) is 22.3. The summed E-state index contributed by atoms with van der Waals surface area (Å²) in [6.45, 7) is 9.49. The van der Waals surface area contributed by atoms with Crippen LogP contribution >= 0.6 is 23.7 Å². The minimum absolute atomic E-state index is 0. The summed E-state index contributed by atoms with van der Waals surface area (Å²) < 4.78 is 17.4. The van der Waals surface area contributed by atoms with Crippen LogP contribution in [0.5, 0.6) is 17.2 Å². The summed E-state index contributed by atoms with van der Waals surface area (Å²) >= 11 is 1.54. The number of likely N-dealkylation sites (N-methyl/N-ethyl adjacent to an activating group) is 1. The molecule has 7 nitrogen and oxygen atoms in total. The van der Waals surface area contributed by atoms with E-state index >= 15 is 0 Å². The minimum atomic E-state index is -0.156. The lowest BCUT2D eigenvalue weighted by Gasteiger charge is -2.25. The number of hydrogen-bond donors (Lipinski definition) is 0. The van der Waals surface area contributed by atoms with Crippen molar-refractivity contribution in [1.29, 1.82) is 0 Å². The maximum atomic E-state index is 13.8. The molecule has 0 spiro atoms. The fraction of sp³-hybridized carbons (Fsp3) is 0.440. The number of amides is 1. The number of aromatic nitrogens is 1. The molecule has 0 N–H and O–H groups in total. The van der Waals surface area contributed by atoms with Gasteiger partial charge in [0.1, 0.15) is 0 Å². The normalized spacial score (nSPS) is 10.8. The minimum Gasteiger partial charge on any atom is -0.493 e. The van der Waals surface area contributed by atoms with Crippen LogP contribution in [0.3, 0.4) is 0 Å². The lowest BCUT2D eigenvalue weighted by molar-refractivity contribution is 0.0983. The highest BCUT2D eigenvalue weighted by Gasteiger charge is 2.25. The molecule has 2 aromatic carbocycles. The number of ether oxygens (including phenoxy) is 3. The Hall–Kier alpha value is -2.55. The van der Waals surface area contributed by atoms with Crippen molar-refractivity contribution in [1.82, 2.24) is 9.88 Å². The summed E-state index contributed by atoms with van der Waals surface area (Å²) in [6, 6.07) is 9.66. The zero-order valence-electron chi connectivity index (χ0n) is 20.7. The number of hydrogen-bond acceptors (Lipinski definition) is 7. The maximum Gasteiger partial charge on any atom is 0.260 e. The highest BCUT2D eigenvalue weighted by atomic mass is 35.5. The van der Waals surface area contributed by atoms with Gasteiger partial charge in [0.2, 0.25) is 5.75 Å². The topological polar surface area (TPSA) is 64.1 Å². The molecule has 1 amide bonds. The number of carbonyl (C=O) groups is 1. The van der Waals surface area contributed by atoms with E-state index in [1.807, 2.05) is 6.07 Å². The number of thiazole rings is 1. The molecule has 0 saturated carbocycles. The molecule has 186 valence electrons. The third kappa shape index (κ3) is 5.92. The van der Waals surface area contributed by atoms with Crippen LogP contribution in [0.2, 0.25) is 0 Å². The van der Waals surface area contributed by atoms with Crippen molar-refractivity contribution in [3.8, 4) is 17.2 Å².